The monoisotopic (exact) mass is 532 g/mol. The molecule has 0 fully saturated rings. The minimum absolute atomic E-state index is 1.23. The highest BCUT2D eigenvalue weighted by Gasteiger charge is 2.14. The highest BCUT2D eigenvalue weighted by Crippen LogP contribution is 2.41. The van der Waals surface area contributed by atoms with Crippen molar-refractivity contribution >= 4 is 32.3 Å². The van der Waals surface area contributed by atoms with Crippen molar-refractivity contribution in [3.63, 3.8) is 0 Å². The van der Waals surface area contributed by atoms with E-state index in [1.165, 1.54) is 76.8 Å². The predicted molar refractivity (Wildman–Crippen MR) is 181 cm³/mol. The van der Waals surface area contributed by atoms with E-state index in [1.54, 1.807) is 0 Å². The Hall–Kier alpha value is -5.46. The van der Waals surface area contributed by atoms with Crippen molar-refractivity contribution in [2.45, 2.75) is 0 Å². The molecule has 0 saturated heterocycles. The Morgan fingerprint density at radius 1 is 0.238 bits per heavy atom. The van der Waals surface area contributed by atoms with Crippen LogP contribution < -0.4 is 0 Å². The van der Waals surface area contributed by atoms with Crippen molar-refractivity contribution in [2.75, 3.05) is 0 Å². The van der Waals surface area contributed by atoms with E-state index in [4.69, 9.17) is 0 Å². The second kappa shape index (κ2) is 10.2. The van der Waals surface area contributed by atoms with Gasteiger partial charge < -0.3 is 0 Å². The van der Waals surface area contributed by atoms with Gasteiger partial charge in [-0.1, -0.05) is 146 Å². The molecule has 0 atom stereocenters. The molecule has 8 aromatic rings. The lowest BCUT2D eigenvalue weighted by molar-refractivity contribution is 1.62. The third-order valence-corrected chi connectivity index (χ3v) is 8.42. The Morgan fingerprint density at radius 2 is 0.857 bits per heavy atom. The normalized spacial score (nSPS) is 11.3. The van der Waals surface area contributed by atoms with Crippen LogP contribution in [0, 0.1) is 0 Å². The van der Waals surface area contributed by atoms with Crippen molar-refractivity contribution in [3.05, 3.63) is 170 Å². The molecule has 0 amide bonds. The highest BCUT2D eigenvalue weighted by atomic mass is 14.2. The Morgan fingerprint density at radius 3 is 1.67 bits per heavy atom. The largest absolute Gasteiger partial charge is 0.0622 e. The van der Waals surface area contributed by atoms with Crippen LogP contribution in [0.5, 0.6) is 0 Å². The third kappa shape index (κ3) is 4.26. The minimum Gasteiger partial charge on any atom is -0.0622 e. The summed E-state index contributed by atoms with van der Waals surface area (Å²) in [6, 6.07) is 61.8. The van der Waals surface area contributed by atoms with Gasteiger partial charge in [-0.3, -0.25) is 0 Å². The van der Waals surface area contributed by atoms with Crippen LogP contribution in [0.3, 0.4) is 0 Å². The van der Waals surface area contributed by atoms with Gasteiger partial charge >= 0.3 is 0 Å². The lowest BCUT2D eigenvalue weighted by Gasteiger charge is -2.16. The van der Waals surface area contributed by atoms with Gasteiger partial charge in [-0.15, -0.1) is 0 Å². The summed E-state index contributed by atoms with van der Waals surface area (Å²) in [6.45, 7) is 0. The first-order chi connectivity index (χ1) is 20.8. The first-order valence-corrected chi connectivity index (χ1v) is 14.5. The molecule has 0 N–H and O–H groups in total. The molecule has 0 heterocycles. The van der Waals surface area contributed by atoms with Gasteiger partial charge in [0, 0.05) is 0 Å². The Labute approximate surface area is 246 Å². The zero-order valence-corrected chi connectivity index (χ0v) is 23.2. The summed E-state index contributed by atoms with van der Waals surface area (Å²) in [4.78, 5) is 0. The summed E-state index contributed by atoms with van der Waals surface area (Å²) in [7, 11) is 0. The molecule has 0 aliphatic heterocycles. The summed E-state index contributed by atoms with van der Waals surface area (Å²) in [6.07, 6.45) is 0. The second-order valence-electron chi connectivity index (χ2n) is 11.0. The molecule has 0 radical (unpaired) electrons. The second-order valence-corrected chi connectivity index (χ2v) is 11.0. The Kier molecular flexibility index (Phi) is 5.90. The third-order valence-electron chi connectivity index (χ3n) is 8.42. The molecular formula is C42H28. The van der Waals surface area contributed by atoms with E-state index in [0.29, 0.717) is 0 Å². The highest BCUT2D eigenvalue weighted by molar-refractivity contribution is 6.14. The summed E-state index contributed by atoms with van der Waals surface area (Å²) < 4.78 is 0. The summed E-state index contributed by atoms with van der Waals surface area (Å²) in [5.74, 6) is 0. The standard InChI is InChI=1S/C42H28/c1-3-11-29(12-4-1)32-23-24-40-37(25-32)27-35-22-21-33(30-13-5-2-6-14-30)28-41(35)42(40)36-18-9-17-34(26-36)39-20-10-16-31-15-7-8-19-38(31)39/h1-28H. The van der Waals surface area contributed by atoms with Crippen molar-refractivity contribution in [1.82, 2.24) is 0 Å². The molecule has 8 aromatic carbocycles. The van der Waals surface area contributed by atoms with Gasteiger partial charge in [0.15, 0.2) is 0 Å². The molecule has 42 heavy (non-hydrogen) atoms. The van der Waals surface area contributed by atoms with Crippen LogP contribution in [0.15, 0.2) is 170 Å². The van der Waals surface area contributed by atoms with Crippen molar-refractivity contribution in [3.8, 4) is 44.5 Å². The molecular weight excluding hydrogens is 504 g/mol. The summed E-state index contributed by atoms with van der Waals surface area (Å²) in [5, 5.41) is 7.57. The lowest BCUT2D eigenvalue weighted by atomic mass is 9.87. The van der Waals surface area contributed by atoms with Gasteiger partial charge in [0.1, 0.15) is 0 Å². The predicted octanol–water partition coefficient (Wildman–Crippen LogP) is 11.8. The zero-order valence-electron chi connectivity index (χ0n) is 23.2. The Bertz CT molecular complexity index is 2220. The van der Waals surface area contributed by atoms with Crippen molar-refractivity contribution in [1.29, 1.82) is 0 Å². The van der Waals surface area contributed by atoms with E-state index < -0.39 is 0 Å². The molecule has 0 heteroatoms. The van der Waals surface area contributed by atoms with Gasteiger partial charge in [0.05, 0.1) is 0 Å². The fourth-order valence-electron chi connectivity index (χ4n) is 6.37. The molecule has 8 rings (SSSR count). The van der Waals surface area contributed by atoms with Crippen LogP contribution in [-0.4, -0.2) is 0 Å². The van der Waals surface area contributed by atoms with E-state index in [1.807, 2.05) is 0 Å². The zero-order chi connectivity index (χ0) is 27.9. The van der Waals surface area contributed by atoms with Crippen molar-refractivity contribution < 1.29 is 0 Å². The van der Waals surface area contributed by atoms with Crippen LogP contribution in [0.25, 0.3) is 76.8 Å². The molecule has 0 aliphatic rings. The SMILES string of the molecule is c1ccc(-c2ccc3c(-c4cccc(-c5cccc6ccccc56)c4)c4cc(-c5ccccc5)ccc4cc3c2)cc1. The van der Waals surface area contributed by atoms with Gasteiger partial charge in [0.25, 0.3) is 0 Å². The van der Waals surface area contributed by atoms with E-state index in [0.717, 1.165) is 0 Å². The van der Waals surface area contributed by atoms with Crippen LogP contribution in [0.1, 0.15) is 0 Å². The number of fused-ring (bicyclic) bond motifs is 3. The van der Waals surface area contributed by atoms with Gasteiger partial charge in [-0.25, -0.2) is 0 Å². The van der Waals surface area contributed by atoms with Gasteiger partial charge in [-0.2, -0.15) is 0 Å². The molecule has 0 unspecified atom stereocenters. The fourth-order valence-corrected chi connectivity index (χ4v) is 6.37. The van der Waals surface area contributed by atoms with Crippen LogP contribution in [-0.2, 0) is 0 Å². The van der Waals surface area contributed by atoms with E-state index in [9.17, 15) is 0 Å². The van der Waals surface area contributed by atoms with E-state index in [-0.39, 0.29) is 0 Å². The van der Waals surface area contributed by atoms with Gasteiger partial charge in [-0.05, 0) is 101 Å². The summed E-state index contributed by atoms with van der Waals surface area (Å²) >= 11 is 0. The maximum absolute atomic E-state index is 2.37. The first-order valence-electron chi connectivity index (χ1n) is 14.5. The molecule has 0 bridgehead atoms. The Balaban J connectivity index is 1.40. The fraction of sp³-hybridized carbons (Fsp3) is 0. The lowest BCUT2D eigenvalue weighted by Crippen LogP contribution is -1.89. The number of rotatable bonds is 4. The molecule has 196 valence electrons. The topological polar surface area (TPSA) is 0 Å². The molecule has 0 saturated carbocycles. The minimum atomic E-state index is 1.23. The molecule has 0 aliphatic carbocycles. The van der Waals surface area contributed by atoms with E-state index in [2.05, 4.69) is 170 Å². The average Bonchev–Trinajstić information content (AvgIpc) is 3.07. The smallest absolute Gasteiger partial charge is 0.00264 e. The van der Waals surface area contributed by atoms with Crippen LogP contribution in [0.2, 0.25) is 0 Å². The number of benzene rings is 8. The summed E-state index contributed by atoms with van der Waals surface area (Å²) in [5.41, 5.74) is 9.93. The van der Waals surface area contributed by atoms with Crippen LogP contribution >= 0.6 is 0 Å². The molecule has 0 nitrogen and oxygen atoms in total. The maximum atomic E-state index is 2.37. The quantitative estimate of drug-likeness (QED) is 0.198. The average molecular weight is 533 g/mol. The molecule has 0 spiro atoms. The van der Waals surface area contributed by atoms with Crippen LogP contribution in [0.4, 0.5) is 0 Å². The van der Waals surface area contributed by atoms with E-state index >= 15 is 0 Å². The van der Waals surface area contributed by atoms with Gasteiger partial charge in [0.2, 0.25) is 0 Å². The molecule has 0 aromatic heterocycles. The number of hydrogen-bond acceptors (Lipinski definition) is 0. The number of hydrogen-bond donors (Lipinski definition) is 0. The maximum Gasteiger partial charge on any atom is -0.00264 e. The van der Waals surface area contributed by atoms with Crippen molar-refractivity contribution in [2.24, 2.45) is 0 Å². The first kappa shape index (κ1) is 24.3.